The first-order valence-corrected chi connectivity index (χ1v) is 6.73. The van der Waals surface area contributed by atoms with Crippen LogP contribution in [0.15, 0.2) is 23.3 Å². The molecule has 2 aromatic rings. The van der Waals surface area contributed by atoms with Crippen molar-refractivity contribution in [2.24, 2.45) is 0 Å². The van der Waals surface area contributed by atoms with Gasteiger partial charge in [-0.05, 0) is 19.4 Å². The van der Waals surface area contributed by atoms with Crippen molar-refractivity contribution in [2.75, 3.05) is 6.54 Å². The smallest absolute Gasteiger partial charge is 0.264 e. The quantitative estimate of drug-likeness (QED) is 0.881. The summed E-state index contributed by atoms with van der Waals surface area (Å²) in [6.07, 6.45) is 4.46. The molecular weight excluding hydrogens is 254 g/mol. The Hall–Kier alpha value is -2.08. The molecular formula is C14H17N5O. The Morgan fingerprint density at radius 2 is 2.20 bits per heavy atom. The fourth-order valence-electron chi connectivity index (χ4n) is 2.50. The average molecular weight is 271 g/mol. The van der Waals surface area contributed by atoms with Crippen molar-refractivity contribution in [2.45, 2.75) is 32.9 Å². The van der Waals surface area contributed by atoms with Gasteiger partial charge in [-0.25, -0.2) is 5.10 Å². The minimum absolute atomic E-state index is 0.145. The van der Waals surface area contributed by atoms with Crippen LogP contribution in [0.5, 0.6) is 0 Å². The lowest BCUT2D eigenvalue weighted by Crippen LogP contribution is -2.35. The Morgan fingerprint density at radius 1 is 1.35 bits per heavy atom. The molecule has 1 atom stereocenters. The van der Waals surface area contributed by atoms with Gasteiger partial charge in [-0.3, -0.25) is 19.7 Å². The van der Waals surface area contributed by atoms with Gasteiger partial charge in [0.1, 0.15) is 0 Å². The van der Waals surface area contributed by atoms with Gasteiger partial charge in [0.05, 0.1) is 29.3 Å². The monoisotopic (exact) mass is 271 g/mol. The topological polar surface area (TPSA) is 74.8 Å². The van der Waals surface area contributed by atoms with Gasteiger partial charge in [0.2, 0.25) is 0 Å². The van der Waals surface area contributed by atoms with Crippen LogP contribution >= 0.6 is 0 Å². The Labute approximate surface area is 116 Å². The summed E-state index contributed by atoms with van der Waals surface area (Å²) in [6, 6.07) is 1.82. The normalized spacial score (nSPS) is 16.7. The van der Waals surface area contributed by atoms with Crippen molar-refractivity contribution in [3.05, 3.63) is 51.5 Å². The first-order chi connectivity index (χ1) is 9.63. The van der Waals surface area contributed by atoms with Gasteiger partial charge >= 0.3 is 0 Å². The molecule has 1 unspecified atom stereocenters. The zero-order chi connectivity index (χ0) is 14.1. The molecule has 2 aromatic heterocycles. The number of H-pyrrole nitrogens is 1. The number of aryl methyl sites for hydroxylation is 1. The summed E-state index contributed by atoms with van der Waals surface area (Å²) < 4.78 is 0. The van der Waals surface area contributed by atoms with Gasteiger partial charge in [-0.1, -0.05) is 0 Å². The van der Waals surface area contributed by atoms with Crippen LogP contribution in [0.25, 0.3) is 0 Å². The lowest BCUT2D eigenvalue weighted by Gasteiger charge is -2.32. The Balaban J connectivity index is 1.82. The van der Waals surface area contributed by atoms with Crippen LogP contribution in [0, 0.1) is 6.92 Å². The number of hydrogen-bond acceptors (Lipinski definition) is 5. The van der Waals surface area contributed by atoms with E-state index in [1.54, 1.807) is 12.3 Å². The van der Waals surface area contributed by atoms with Gasteiger partial charge in [0.25, 0.3) is 5.56 Å². The third-order valence-electron chi connectivity index (χ3n) is 3.76. The second-order valence-corrected chi connectivity index (χ2v) is 5.18. The summed E-state index contributed by atoms with van der Waals surface area (Å²) in [5.41, 5.74) is 3.72. The zero-order valence-electron chi connectivity index (χ0n) is 11.6. The third-order valence-corrected chi connectivity index (χ3v) is 3.76. The van der Waals surface area contributed by atoms with E-state index in [2.05, 4.69) is 32.0 Å². The molecule has 3 rings (SSSR count). The molecule has 0 bridgehead atoms. The molecule has 0 radical (unpaired) electrons. The van der Waals surface area contributed by atoms with Crippen molar-refractivity contribution in [1.82, 2.24) is 25.1 Å². The molecule has 1 N–H and O–H groups in total. The maximum atomic E-state index is 11.4. The number of nitrogens with zero attached hydrogens (tertiary/aromatic N) is 4. The third kappa shape index (κ3) is 2.46. The molecule has 3 heterocycles. The van der Waals surface area contributed by atoms with Crippen LogP contribution in [0.2, 0.25) is 0 Å². The molecule has 0 aliphatic carbocycles. The molecule has 6 heteroatoms. The van der Waals surface area contributed by atoms with Crippen LogP contribution in [-0.2, 0) is 13.0 Å². The van der Waals surface area contributed by atoms with Crippen molar-refractivity contribution in [1.29, 1.82) is 0 Å². The van der Waals surface area contributed by atoms with E-state index < -0.39 is 0 Å². The highest BCUT2D eigenvalue weighted by molar-refractivity contribution is 5.21. The SMILES string of the molecule is Cc1cnc(C(C)N2CCc3n[nH]c(=O)cc3C2)cn1. The van der Waals surface area contributed by atoms with Gasteiger partial charge in [0, 0.05) is 31.8 Å². The molecule has 0 spiro atoms. The van der Waals surface area contributed by atoms with Crippen LogP contribution in [-0.4, -0.2) is 31.6 Å². The van der Waals surface area contributed by atoms with E-state index in [1.165, 1.54) is 0 Å². The summed E-state index contributed by atoms with van der Waals surface area (Å²) in [4.78, 5) is 22.4. The Bertz CT molecular complexity index is 664. The van der Waals surface area contributed by atoms with E-state index in [0.29, 0.717) is 0 Å². The lowest BCUT2D eigenvalue weighted by atomic mass is 10.0. The van der Waals surface area contributed by atoms with Crippen molar-refractivity contribution in [3.63, 3.8) is 0 Å². The first kappa shape index (κ1) is 12.9. The van der Waals surface area contributed by atoms with Gasteiger partial charge in [0.15, 0.2) is 0 Å². The number of rotatable bonds is 2. The van der Waals surface area contributed by atoms with E-state index in [0.717, 1.165) is 42.2 Å². The highest BCUT2D eigenvalue weighted by Crippen LogP contribution is 2.24. The average Bonchev–Trinajstić information content (AvgIpc) is 2.46. The molecule has 104 valence electrons. The number of fused-ring (bicyclic) bond motifs is 1. The van der Waals surface area contributed by atoms with Crippen LogP contribution in [0.3, 0.4) is 0 Å². The molecule has 0 saturated heterocycles. The number of nitrogens with one attached hydrogen (secondary N) is 1. The fourth-order valence-corrected chi connectivity index (χ4v) is 2.50. The van der Waals surface area contributed by atoms with Gasteiger partial charge in [-0.15, -0.1) is 0 Å². The largest absolute Gasteiger partial charge is 0.290 e. The predicted octanol–water partition coefficient (Wildman–Crippen LogP) is 0.988. The maximum absolute atomic E-state index is 11.4. The minimum atomic E-state index is -0.145. The summed E-state index contributed by atoms with van der Waals surface area (Å²) in [5.74, 6) is 0. The molecule has 0 saturated carbocycles. The Kier molecular flexibility index (Phi) is 3.31. The molecule has 1 aliphatic rings. The van der Waals surface area contributed by atoms with E-state index in [-0.39, 0.29) is 11.6 Å². The van der Waals surface area contributed by atoms with E-state index in [9.17, 15) is 4.79 Å². The number of aromatic amines is 1. The van der Waals surface area contributed by atoms with Crippen molar-refractivity contribution in [3.8, 4) is 0 Å². The van der Waals surface area contributed by atoms with Gasteiger partial charge < -0.3 is 0 Å². The standard InChI is InChI=1S/C14H17N5O/c1-9-6-16-13(7-15-9)10(2)19-4-3-12-11(8-19)5-14(20)18-17-12/h5-7,10H,3-4,8H2,1-2H3,(H,18,20). The second-order valence-electron chi connectivity index (χ2n) is 5.18. The molecule has 0 amide bonds. The summed E-state index contributed by atoms with van der Waals surface area (Å²) >= 11 is 0. The molecule has 1 aliphatic heterocycles. The number of aromatic nitrogens is 4. The number of hydrogen-bond donors (Lipinski definition) is 1. The molecule has 0 aromatic carbocycles. The van der Waals surface area contributed by atoms with Crippen LogP contribution < -0.4 is 5.56 Å². The molecule has 20 heavy (non-hydrogen) atoms. The fraction of sp³-hybridized carbons (Fsp3) is 0.429. The highest BCUT2D eigenvalue weighted by atomic mass is 16.1. The zero-order valence-corrected chi connectivity index (χ0v) is 11.6. The second kappa shape index (κ2) is 5.13. The van der Waals surface area contributed by atoms with Crippen molar-refractivity contribution < 1.29 is 0 Å². The molecule has 0 fully saturated rings. The van der Waals surface area contributed by atoms with Crippen LogP contribution in [0.1, 0.15) is 35.6 Å². The highest BCUT2D eigenvalue weighted by Gasteiger charge is 2.23. The predicted molar refractivity (Wildman–Crippen MR) is 74.2 cm³/mol. The first-order valence-electron chi connectivity index (χ1n) is 6.73. The summed E-state index contributed by atoms with van der Waals surface area (Å²) in [7, 11) is 0. The van der Waals surface area contributed by atoms with E-state index in [4.69, 9.17) is 0 Å². The summed E-state index contributed by atoms with van der Waals surface area (Å²) in [6.45, 7) is 5.67. The lowest BCUT2D eigenvalue weighted by molar-refractivity contribution is 0.186. The summed E-state index contributed by atoms with van der Waals surface area (Å²) in [5, 5.41) is 6.60. The maximum Gasteiger partial charge on any atom is 0.264 e. The molecule has 6 nitrogen and oxygen atoms in total. The van der Waals surface area contributed by atoms with E-state index in [1.807, 2.05) is 13.1 Å². The van der Waals surface area contributed by atoms with Crippen LogP contribution in [0.4, 0.5) is 0 Å². The van der Waals surface area contributed by atoms with Crippen molar-refractivity contribution >= 4 is 0 Å². The van der Waals surface area contributed by atoms with E-state index >= 15 is 0 Å². The Morgan fingerprint density at radius 3 is 2.95 bits per heavy atom. The van der Waals surface area contributed by atoms with Gasteiger partial charge in [-0.2, -0.15) is 5.10 Å². The minimum Gasteiger partial charge on any atom is -0.290 e.